The molecule has 0 radical (unpaired) electrons. The van der Waals surface area contributed by atoms with E-state index in [1.54, 1.807) is 24.4 Å². The highest BCUT2D eigenvalue weighted by Gasteiger charge is 2.25. The SMILES string of the molecule is O=C(CN1CCNCC1c1cccnc1)Nc1cc(Cl)ccc1Cl. The molecule has 1 aliphatic heterocycles. The molecule has 1 amide bonds. The normalized spacial score (nSPS) is 18.3. The summed E-state index contributed by atoms with van der Waals surface area (Å²) in [6.45, 7) is 2.71. The van der Waals surface area contributed by atoms with Crippen molar-refractivity contribution >= 4 is 34.8 Å². The highest BCUT2D eigenvalue weighted by atomic mass is 35.5. The van der Waals surface area contributed by atoms with Crippen LogP contribution in [0.2, 0.25) is 10.0 Å². The minimum absolute atomic E-state index is 0.116. The van der Waals surface area contributed by atoms with Crippen LogP contribution >= 0.6 is 23.2 Å². The number of hydrogen-bond acceptors (Lipinski definition) is 4. The number of carbonyl (C=O) groups excluding carboxylic acids is 1. The summed E-state index contributed by atoms with van der Waals surface area (Å²) in [5.74, 6) is -0.116. The van der Waals surface area contributed by atoms with Gasteiger partial charge in [-0.3, -0.25) is 14.7 Å². The number of pyridine rings is 1. The van der Waals surface area contributed by atoms with Crippen molar-refractivity contribution < 1.29 is 4.79 Å². The summed E-state index contributed by atoms with van der Waals surface area (Å²) >= 11 is 12.1. The van der Waals surface area contributed by atoms with Crippen LogP contribution in [0.1, 0.15) is 11.6 Å². The zero-order chi connectivity index (χ0) is 16.9. The monoisotopic (exact) mass is 364 g/mol. The number of carbonyl (C=O) groups is 1. The molecule has 3 rings (SSSR count). The lowest BCUT2D eigenvalue weighted by atomic mass is 10.1. The van der Waals surface area contributed by atoms with Gasteiger partial charge in [-0.25, -0.2) is 0 Å². The Labute approximate surface area is 151 Å². The van der Waals surface area contributed by atoms with Crippen molar-refractivity contribution in [3.63, 3.8) is 0 Å². The molecule has 1 aliphatic rings. The van der Waals surface area contributed by atoms with Crippen LogP contribution in [-0.2, 0) is 4.79 Å². The van der Waals surface area contributed by atoms with E-state index in [9.17, 15) is 4.79 Å². The molecule has 0 spiro atoms. The van der Waals surface area contributed by atoms with Gasteiger partial charge in [0.15, 0.2) is 0 Å². The molecule has 2 aromatic rings. The minimum atomic E-state index is -0.116. The van der Waals surface area contributed by atoms with E-state index in [2.05, 4.69) is 20.5 Å². The summed E-state index contributed by atoms with van der Waals surface area (Å²) in [6, 6.07) is 9.07. The fourth-order valence-electron chi connectivity index (χ4n) is 2.80. The Morgan fingerprint density at radius 3 is 3.04 bits per heavy atom. The molecule has 7 heteroatoms. The molecule has 24 heavy (non-hydrogen) atoms. The van der Waals surface area contributed by atoms with Crippen molar-refractivity contribution in [2.45, 2.75) is 6.04 Å². The second kappa shape index (κ2) is 7.94. The minimum Gasteiger partial charge on any atom is -0.324 e. The predicted molar refractivity (Wildman–Crippen MR) is 96.5 cm³/mol. The Hall–Kier alpha value is -1.66. The number of aromatic nitrogens is 1. The van der Waals surface area contributed by atoms with Crippen LogP contribution in [0.3, 0.4) is 0 Å². The molecule has 1 saturated heterocycles. The summed E-state index contributed by atoms with van der Waals surface area (Å²) < 4.78 is 0. The predicted octanol–water partition coefficient (Wildman–Crippen LogP) is 2.97. The van der Waals surface area contributed by atoms with Crippen molar-refractivity contribution in [1.29, 1.82) is 0 Å². The quantitative estimate of drug-likeness (QED) is 0.875. The number of piperazine rings is 1. The smallest absolute Gasteiger partial charge is 0.238 e. The molecule has 2 N–H and O–H groups in total. The van der Waals surface area contributed by atoms with E-state index in [0.29, 0.717) is 15.7 Å². The maximum absolute atomic E-state index is 12.4. The average Bonchev–Trinajstić information content (AvgIpc) is 2.59. The number of anilines is 1. The van der Waals surface area contributed by atoms with Gasteiger partial charge in [0.05, 0.1) is 17.3 Å². The number of nitrogens with one attached hydrogen (secondary N) is 2. The Bertz CT molecular complexity index is 711. The van der Waals surface area contributed by atoms with Gasteiger partial charge in [0.25, 0.3) is 0 Å². The molecule has 0 saturated carbocycles. The number of hydrogen-bond donors (Lipinski definition) is 2. The highest BCUT2D eigenvalue weighted by Crippen LogP contribution is 2.26. The molecular weight excluding hydrogens is 347 g/mol. The van der Waals surface area contributed by atoms with Gasteiger partial charge in [0.1, 0.15) is 0 Å². The first kappa shape index (κ1) is 17.2. The van der Waals surface area contributed by atoms with Gasteiger partial charge in [-0.2, -0.15) is 0 Å². The van der Waals surface area contributed by atoms with Crippen molar-refractivity contribution in [3.05, 3.63) is 58.3 Å². The first-order valence-corrected chi connectivity index (χ1v) is 8.48. The van der Waals surface area contributed by atoms with Crippen LogP contribution < -0.4 is 10.6 Å². The zero-order valence-electron chi connectivity index (χ0n) is 13.0. The summed E-state index contributed by atoms with van der Waals surface area (Å²) in [4.78, 5) is 18.7. The topological polar surface area (TPSA) is 57.3 Å². The number of rotatable bonds is 4. The van der Waals surface area contributed by atoms with Gasteiger partial charge >= 0.3 is 0 Å². The van der Waals surface area contributed by atoms with Gasteiger partial charge in [0.2, 0.25) is 5.91 Å². The second-order valence-corrected chi connectivity index (χ2v) is 6.49. The molecule has 1 aromatic heterocycles. The molecule has 0 aliphatic carbocycles. The molecule has 1 fully saturated rings. The molecule has 2 heterocycles. The first-order valence-electron chi connectivity index (χ1n) is 7.73. The lowest BCUT2D eigenvalue weighted by molar-refractivity contribution is -0.118. The third-order valence-corrected chi connectivity index (χ3v) is 4.54. The maximum atomic E-state index is 12.4. The van der Waals surface area contributed by atoms with Crippen LogP contribution in [0.5, 0.6) is 0 Å². The Balaban J connectivity index is 1.69. The summed E-state index contributed by atoms with van der Waals surface area (Å²) in [7, 11) is 0. The van der Waals surface area contributed by atoms with E-state index in [1.165, 1.54) is 0 Å². The molecule has 1 unspecified atom stereocenters. The molecule has 1 aromatic carbocycles. The van der Waals surface area contributed by atoms with Gasteiger partial charge < -0.3 is 10.6 Å². The lowest BCUT2D eigenvalue weighted by Gasteiger charge is -2.35. The molecular formula is C17H18Cl2N4O. The van der Waals surface area contributed by atoms with E-state index < -0.39 is 0 Å². The highest BCUT2D eigenvalue weighted by molar-refractivity contribution is 6.35. The van der Waals surface area contributed by atoms with Crippen LogP contribution in [-0.4, -0.2) is 42.0 Å². The maximum Gasteiger partial charge on any atom is 0.238 e. The number of amides is 1. The molecule has 0 bridgehead atoms. The van der Waals surface area contributed by atoms with Crippen LogP contribution in [0.25, 0.3) is 0 Å². The van der Waals surface area contributed by atoms with E-state index in [-0.39, 0.29) is 18.5 Å². The summed E-state index contributed by atoms with van der Waals surface area (Å²) in [5, 5.41) is 7.20. The largest absolute Gasteiger partial charge is 0.324 e. The first-order chi connectivity index (χ1) is 11.6. The lowest BCUT2D eigenvalue weighted by Crippen LogP contribution is -2.48. The fraction of sp³-hybridized carbons (Fsp3) is 0.294. The van der Waals surface area contributed by atoms with E-state index in [0.717, 1.165) is 25.2 Å². The second-order valence-electron chi connectivity index (χ2n) is 5.65. The van der Waals surface area contributed by atoms with Crippen molar-refractivity contribution in [2.75, 3.05) is 31.5 Å². The third kappa shape index (κ3) is 4.24. The van der Waals surface area contributed by atoms with Gasteiger partial charge in [-0.15, -0.1) is 0 Å². The van der Waals surface area contributed by atoms with Crippen molar-refractivity contribution in [1.82, 2.24) is 15.2 Å². The average molecular weight is 365 g/mol. The Kier molecular flexibility index (Phi) is 5.68. The summed E-state index contributed by atoms with van der Waals surface area (Å²) in [5.41, 5.74) is 1.63. The van der Waals surface area contributed by atoms with Crippen LogP contribution in [0, 0.1) is 0 Å². The van der Waals surface area contributed by atoms with Gasteiger partial charge in [-0.1, -0.05) is 29.3 Å². The fourth-order valence-corrected chi connectivity index (χ4v) is 3.14. The summed E-state index contributed by atoms with van der Waals surface area (Å²) in [6.07, 6.45) is 3.59. The Morgan fingerprint density at radius 1 is 1.38 bits per heavy atom. The van der Waals surface area contributed by atoms with E-state index in [1.807, 2.05) is 18.3 Å². The van der Waals surface area contributed by atoms with Gasteiger partial charge in [-0.05, 0) is 29.8 Å². The van der Waals surface area contributed by atoms with Crippen molar-refractivity contribution in [2.24, 2.45) is 0 Å². The molecule has 126 valence electrons. The van der Waals surface area contributed by atoms with E-state index in [4.69, 9.17) is 23.2 Å². The van der Waals surface area contributed by atoms with Crippen LogP contribution in [0.4, 0.5) is 5.69 Å². The van der Waals surface area contributed by atoms with Crippen LogP contribution in [0.15, 0.2) is 42.7 Å². The number of nitrogens with zero attached hydrogens (tertiary/aromatic N) is 2. The molecule has 1 atom stereocenters. The standard InChI is InChI=1S/C17H18Cl2N4O/c18-13-3-4-14(19)15(8-13)22-17(24)11-23-7-6-21-10-16(23)12-2-1-5-20-9-12/h1-5,8-9,16,21H,6-7,10-11H2,(H,22,24). The van der Waals surface area contributed by atoms with E-state index >= 15 is 0 Å². The van der Waals surface area contributed by atoms with Crippen molar-refractivity contribution in [3.8, 4) is 0 Å². The zero-order valence-corrected chi connectivity index (χ0v) is 14.5. The number of halogens is 2. The third-order valence-electron chi connectivity index (χ3n) is 3.97. The van der Waals surface area contributed by atoms with Gasteiger partial charge in [0, 0.05) is 43.1 Å². The molecule has 5 nitrogen and oxygen atoms in total. The number of benzene rings is 1. The Morgan fingerprint density at radius 2 is 2.25 bits per heavy atom.